The summed E-state index contributed by atoms with van der Waals surface area (Å²) in [5.74, 6) is 5.45. The molecule has 0 atom stereocenters. The second-order valence-corrected chi connectivity index (χ2v) is 3.54. The van der Waals surface area contributed by atoms with Gasteiger partial charge in [-0.2, -0.15) is 0 Å². The average molecular weight is 258 g/mol. The minimum absolute atomic E-state index is 0.0870. The van der Waals surface area contributed by atoms with E-state index < -0.39 is 6.09 Å². The summed E-state index contributed by atoms with van der Waals surface area (Å²) in [6.45, 7) is 0.0870. The summed E-state index contributed by atoms with van der Waals surface area (Å²) in [4.78, 5) is 12.1. The molecular formula is C11H9Cl2NO2. The van der Waals surface area contributed by atoms with Crippen LogP contribution in [0.25, 0.3) is 0 Å². The number of hydrogen-bond donors (Lipinski definition) is 1. The maximum absolute atomic E-state index is 11.0. The van der Waals surface area contributed by atoms with Gasteiger partial charge in [-0.05, 0) is 24.3 Å². The smallest absolute Gasteiger partial charge is 0.412 e. The van der Waals surface area contributed by atoms with E-state index in [4.69, 9.17) is 28.3 Å². The third-order valence-electron chi connectivity index (χ3n) is 1.80. The van der Waals surface area contributed by atoms with Crippen molar-refractivity contribution in [2.75, 3.05) is 17.3 Å². The minimum Gasteiger partial charge on any atom is -0.465 e. The number of benzene rings is 1. The number of rotatable bonds is 2. The van der Waals surface area contributed by atoms with Gasteiger partial charge in [-0.1, -0.05) is 23.4 Å². The van der Waals surface area contributed by atoms with E-state index in [1.54, 1.807) is 24.3 Å². The number of amides is 1. The Hall–Kier alpha value is -1.37. The van der Waals surface area contributed by atoms with Gasteiger partial charge in [0.2, 0.25) is 0 Å². The van der Waals surface area contributed by atoms with E-state index in [0.717, 1.165) is 4.90 Å². The Bertz CT molecular complexity index is 420. The maximum atomic E-state index is 11.0. The van der Waals surface area contributed by atoms with Gasteiger partial charge >= 0.3 is 6.09 Å². The first-order valence-electron chi connectivity index (χ1n) is 4.43. The summed E-state index contributed by atoms with van der Waals surface area (Å²) >= 11 is 11.1. The van der Waals surface area contributed by atoms with Crippen LogP contribution in [0.1, 0.15) is 0 Å². The second kappa shape index (κ2) is 6.26. The van der Waals surface area contributed by atoms with Crippen molar-refractivity contribution in [1.29, 1.82) is 0 Å². The van der Waals surface area contributed by atoms with Crippen LogP contribution in [-0.2, 0) is 0 Å². The van der Waals surface area contributed by atoms with Crippen LogP contribution >= 0.6 is 23.2 Å². The molecule has 16 heavy (non-hydrogen) atoms. The molecule has 1 rings (SSSR count). The molecule has 0 heterocycles. The quantitative estimate of drug-likeness (QED) is 0.654. The highest BCUT2D eigenvalue weighted by molar-refractivity contribution is 6.30. The fourth-order valence-electron chi connectivity index (χ4n) is 1.07. The predicted molar refractivity (Wildman–Crippen MR) is 65.3 cm³/mol. The van der Waals surface area contributed by atoms with Gasteiger partial charge in [0.05, 0.1) is 12.4 Å². The lowest BCUT2D eigenvalue weighted by molar-refractivity contribution is 0.202. The van der Waals surface area contributed by atoms with Crippen molar-refractivity contribution in [2.45, 2.75) is 0 Å². The summed E-state index contributed by atoms with van der Waals surface area (Å²) in [7, 11) is 0. The Kier molecular flexibility index (Phi) is 4.97. The van der Waals surface area contributed by atoms with Crippen molar-refractivity contribution in [3.05, 3.63) is 29.3 Å². The largest absolute Gasteiger partial charge is 0.465 e. The lowest BCUT2D eigenvalue weighted by Crippen LogP contribution is -2.29. The fourth-order valence-corrected chi connectivity index (χ4v) is 1.29. The van der Waals surface area contributed by atoms with E-state index in [-0.39, 0.29) is 12.4 Å². The molecule has 0 unspecified atom stereocenters. The van der Waals surface area contributed by atoms with Crippen LogP contribution < -0.4 is 4.90 Å². The van der Waals surface area contributed by atoms with Gasteiger partial charge in [0.15, 0.2) is 0 Å². The Morgan fingerprint density at radius 1 is 1.31 bits per heavy atom. The number of carboxylic acid groups (broad SMARTS) is 1. The standard InChI is InChI=1S/C11H9Cl2NO2/c12-7-1-2-8-14(11(15)16)10-5-3-9(13)4-6-10/h3-6H,7-8H2,(H,15,16). The number of halogens is 2. The van der Waals surface area contributed by atoms with Crippen LogP contribution in [0.3, 0.4) is 0 Å². The topological polar surface area (TPSA) is 40.5 Å². The van der Waals surface area contributed by atoms with Crippen LogP contribution in [0.4, 0.5) is 10.5 Å². The average Bonchev–Trinajstić information content (AvgIpc) is 2.26. The summed E-state index contributed by atoms with van der Waals surface area (Å²) in [6.07, 6.45) is -1.06. The molecule has 0 fully saturated rings. The van der Waals surface area contributed by atoms with Crippen molar-refractivity contribution < 1.29 is 9.90 Å². The Morgan fingerprint density at radius 3 is 2.44 bits per heavy atom. The maximum Gasteiger partial charge on any atom is 0.412 e. The van der Waals surface area contributed by atoms with Crippen molar-refractivity contribution in [3.8, 4) is 11.8 Å². The van der Waals surface area contributed by atoms with E-state index in [2.05, 4.69) is 11.8 Å². The summed E-state index contributed by atoms with van der Waals surface area (Å²) in [6, 6.07) is 6.50. The zero-order valence-electron chi connectivity index (χ0n) is 8.28. The summed E-state index contributed by atoms with van der Waals surface area (Å²) < 4.78 is 0. The summed E-state index contributed by atoms with van der Waals surface area (Å²) in [5.41, 5.74) is 0.528. The van der Waals surface area contributed by atoms with Gasteiger partial charge in [0.25, 0.3) is 0 Å². The first kappa shape index (κ1) is 12.7. The predicted octanol–water partition coefficient (Wildman–Crippen LogP) is 3.07. The SMILES string of the molecule is O=C(O)N(CC#CCCl)c1ccc(Cl)cc1. The molecule has 0 saturated carbocycles. The third kappa shape index (κ3) is 3.65. The number of hydrogen-bond acceptors (Lipinski definition) is 1. The molecule has 0 aliphatic heterocycles. The van der Waals surface area contributed by atoms with Gasteiger partial charge in [0, 0.05) is 10.7 Å². The third-order valence-corrected chi connectivity index (χ3v) is 2.18. The van der Waals surface area contributed by atoms with Crippen LogP contribution in [0.2, 0.25) is 5.02 Å². The number of anilines is 1. The Balaban J connectivity index is 2.85. The van der Waals surface area contributed by atoms with E-state index in [0.29, 0.717) is 10.7 Å². The van der Waals surface area contributed by atoms with Crippen molar-refractivity contribution in [1.82, 2.24) is 0 Å². The number of alkyl halides is 1. The molecule has 0 spiro atoms. The molecule has 0 aliphatic carbocycles. The number of nitrogens with zero attached hydrogens (tertiary/aromatic N) is 1. The Labute approximate surface area is 104 Å². The van der Waals surface area contributed by atoms with E-state index in [1.807, 2.05) is 0 Å². The van der Waals surface area contributed by atoms with Crippen molar-refractivity contribution in [2.24, 2.45) is 0 Å². The monoisotopic (exact) mass is 257 g/mol. The van der Waals surface area contributed by atoms with Gasteiger partial charge in [-0.15, -0.1) is 11.6 Å². The normalized spacial score (nSPS) is 9.12. The fraction of sp³-hybridized carbons (Fsp3) is 0.182. The van der Waals surface area contributed by atoms with Crippen LogP contribution in [0, 0.1) is 11.8 Å². The first-order chi connectivity index (χ1) is 7.65. The van der Waals surface area contributed by atoms with Crippen molar-refractivity contribution in [3.63, 3.8) is 0 Å². The lowest BCUT2D eigenvalue weighted by Gasteiger charge is -2.16. The first-order valence-corrected chi connectivity index (χ1v) is 5.34. The molecule has 1 aromatic carbocycles. The molecule has 0 saturated heterocycles. The van der Waals surface area contributed by atoms with Gasteiger partial charge in [0.1, 0.15) is 0 Å². The summed E-state index contributed by atoms with van der Waals surface area (Å²) in [5, 5.41) is 9.54. The highest BCUT2D eigenvalue weighted by Crippen LogP contribution is 2.17. The Morgan fingerprint density at radius 2 is 1.94 bits per heavy atom. The molecule has 1 N–H and O–H groups in total. The van der Waals surface area contributed by atoms with E-state index in [1.165, 1.54) is 0 Å². The van der Waals surface area contributed by atoms with Crippen LogP contribution in [0.5, 0.6) is 0 Å². The second-order valence-electron chi connectivity index (χ2n) is 2.83. The molecule has 0 radical (unpaired) electrons. The zero-order valence-corrected chi connectivity index (χ0v) is 9.79. The molecule has 0 aromatic heterocycles. The van der Waals surface area contributed by atoms with Crippen LogP contribution in [0.15, 0.2) is 24.3 Å². The molecule has 5 heteroatoms. The van der Waals surface area contributed by atoms with E-state index in [9.17, 15) is 4.79 Å². The highest BCUT2D eigenvalue weighted by Gasteiger charge is 2.12. The van der Waals surface area contributed by atoms with Gasteiger partial charge in [-0.25, -0.2) is 4.79 Å². The molecule has 84 valence electrons. The molecule has 0 aliphatic rings. The molecule has 0 bridgehead atoms. The van der Waals surface area contributed by atoms with Gasteiger partial charge in [-0.3, -0.25) is 4.90 Å². The minimum atomic E-state index is -1.06. The zero-order chi connectivity index (χ0) is 12.0. The van der Waals surface area contributed by atoms with E-state index >= 15 is 0 Å². The number of carbonyl (C=O) groups is 1. The van der Waals surface area contributed by atoms with Crippen LogP contribution in [-0.4, -0.2) is 23.6 Å². The van der Waals surface area contributed by atoms with Gasteiger partial charge < -0.3 is 5.11 Å². The molecule has 1 aromatic rings. The molecule has 3 nitrogen and oxygen atoms in total. The molecular weight excluding hydrogens is 249 g/mol. The molecule has 1 amide bonds. The highest BCUT2D eigenvalue weighted by atomic mass is 35.5. The lowest BCUT2D eigenvalue weighted by atomic mass is 10.3. The van der Waals surface area contributed by atoms with Crippen molar-refractivity contribution >= 4 is 35.0 Å².